The Kier molecular flexibility index (Phi) is 7.07. The maximum atomic E-state index is 13.9. The van der Waals surface area contributed by atoms with Crippen LogP contribution in [0.2, 0.25) is 0 Å². The fourth-order valence-electron chi connectivity index (χ4n) is 4.32. The number of hydrogen-bond donors (Lipinski definition) is 0. The van der Waals surface area contributed by atoms with Crippen molar-refractivity contribution in [3.8, 4) is 11.5 Å². The fourth-order valence-corrected chi connectivity index (χ4v) is 6.14. The lowest BCUT2D eigenvalue weighted by atomic mass is 9.97. The van der Waals surface area contributed by atoms with Crippen molar-refractivity contribution in [1.82, 2.24) is 4.57 Å². The van der Waals surface area contributed by atoms with E-state index in [1.54, 1.807) is 37.9 Å². The molecule has 2 aromatic heterocycles. The molecular formula is C28H24N2O5S2. The molecule has 0 spiro atoms. The van der Waals surface area contributed by atoms with Gasteiger partial charge in [0.05, 0.1) is 36.6 Å². The van der Waals surface area contributed by atoms with Gasteiger partial charge in [0.1, 0.15) is 6.04 Å². The van der Waals surface area contributed by atoms with E-state index in [-0.39, 0.29) is 12.2 Å². The predicted molar refractivity (Wildman–Crippen MR) is 145 cm³/mol. The molecule has 0 radical (unpaired) electrons. The third-order valence-corrected chi connectivity index (χ3v) is 7.81. The number of thiazole rings is 1. The third kappa shape index (κ3) is 4.52. The van der Waals surface area contributed by atoms with Gasteiger partial charge in [0.2, 0.25) is 0 Å². The summed E-state index contributed by atoms with van der Waals surface area (Å²) in [4.78, 5) is 33.5. The van der Waals surface area contributed by atoms with Gasteiger partial charge in [-0.15, -0.1) is 11.3 Å². The first-order valence-electron chi connectivity index (χ1n) is 11.6. The number of esters is 1. The summed E-state index contributed by atoms with van der Waals surface area (Å²) >= 11 is 2.74. The molecule has 1 atom stereocenters. The molecule has 1 aliphatic heterocycles. The molecule has 3 heterocycles. The number of rotatable bonds is 7. The van der Waals surface area contributed by atoms with E-state index in [0.717, 1.165) is 10.4 Å². The topological polar surface area (TPSA) is 79.1 Å². The highest BCUT2D eigenvalue weighted by Gasteiger charge is 2.35. The van der Waals surface area contributed by atoms with Gasteiger partial charge in [0.15, 0.2) is 16.3 Å². The van der Waals surface area contributed by atoms with Gasteiger partial charge in [-0.3, -0.25) is 9.36 Å². The maximum Gasteiger partial charge on any atom is 0.338 e. The van der Waals surface area contributed by atoms with Crippen LogP contribution in [0.3, 0.4) is 0 Å². The minimum Gasteiger partial charge on any atom is -0.493 e. The zero-order valence-corrected chi connectivity index (χ0v) is 22.1. The summed E-state index contributed by atoms with van der Waals surface area (Å²) in [5, 5.41) is 1.93. The number of ether oxygens (including phenoxy) is 3. The molecule has 0 N–H and O–H groups in total. The summed E-state index contributed by atoms with van der Waals surface area (Å²) in [5.74, 6) is 0.603. The quantitative estimate of drug-likeness (QED) is 0.336. The van der Waals surface area contributed by atoms with Gasteiger partial charge in [-0.2, -0.15) is 0 Å². The Morgan fingerprint density at radius 1 is 1.05 bits per heavy atom. The summed E-state index contributed by atoms with van der Waals surface area (Å²) < 4.78 is 18.5. The minimum absolute atomic E-state index is 0.210. The lowest BCUT2D eigenvalue weighted by molar-refractivity contribution is -0.138. The molecule has 0 aliphatic carbocycles. The number of methoxy groups -OCH3 is 2. The van der Waals surface area contributed by atoms with Gasteiger partial charge >= 0.3 is 5.97 Å². The SMILES string of the molecule is CCOC(=O)C1=C(c2ccccc2)N=c2sc(=Cc3cccc(OC)c3OC)c(=O)n2[C@@H]1c1cccs1. The van der Waals surface area contributed by atoms with Gasteiger partial charge < -0.3 is 14.2 Å². The van der Waals surface area contributed by atoms with E-state index >= 15 is 0 Å². The van der Waals surface area contributed by atoms with Crippen LogP contribution >= 0.6 is 22.7 Å². The number of hydrogen-bond acceptors (Lipinski definition) is 8. The van der Waals surface area contributed by atoms with Gasteiger partial charge in [-0.1, -0.05) is 59.9 Å². The van der Waals surface area contributed by atoms with Crippen molar-refractivity contribution in [2.45, 2.75) is 13.0 Å². The number of para-hydroxylation sites is 1. The molecule has 0 fully saturated rings. The number of fused-ring (bicyclic) bond motifs is 1. The largest absolute Gasteiger partial charge is 0.493 e. The monoisotopic (exact) mass is 532 g/mol. The second-order valence-corrected chi connectivity index (χ2v) is 10.0. The van der Waals surface area contributed by atoms with Crippen LogP contribution in [-0.4, -0.2) is 31.4 Å². The molecule has 188 valence electrons. The van der Waals surface area contributed by atoms with Crippen molar-refractivity contribution in [3.05, 3.63) is 107 Å². The van der Waals surface area contributed by atoms with E-state index in [1.807, 2.05) is 60.0 Å². The van der Waals surface area contributed by atoms with E-state index in [9.17, 15) is 9.59 Å². The number of carbonyl (C=O) groups is 1. The van der Waals surface area contributed by atoms with Gasteiger partial charge in [-0.25, -0.2) is 9.79 Å². The van der Waals surface area contributed by atoms with E-state index in [4.69, 9.17) is 19.2 Å². The smallest absolute Gasteiger partial charge is 0.338 e. The van der Waals surface area contributed by atoms with Crippen LogP contribution in [-0.2, 0) is 9.53 Å². The number of thiophene rings is 1. The summed E-state index contributed by atoms with van der Waals surface area (Å²) in [6.45, 7) is 1.97. The van der Waals surface area contributed by atoms with Crippen molar-refractivity contribution in [3.63, 3.8) is 0 Å². The zero-order valence-electron chi connectivity index (χ0n) is 20.5. The Balaban J connectivity index is 1.81. The van der Waals surface area contributed by atoms with Crippen LogP contribution in [0.25, 0.3) is 11.8 Å². The number of benzene rings is 2. The van der Waals surface area contributed by atoms with Crippen LogP contribution in [0.4, 0.5) is 0 Å². The second kappa shape index (κ2) is 10.6. The number of nitrogens with zero attached hydrogens (tertiary/aromatic N) is 2. The van der Waals surface area contributed by atoms with Gasteiger partial charge in [-0.05, 0) is 30.5 Å². The number of aromatic nitrogens is 1. The molecule has 0 bridgehead atoms. The lowest BCUT2D eigenvalue weighted by Gasteiger charge is -2.24. The summed E-state index contributed by atoms with van der Waals surface area (Å²) in [5.41, 5.74) is 2.07. The Hall–Kier alpha value is -3.95. The van der Waals surface area contributed by atoms with Crippen LogP contribution in [0.5, 0.6) is 11.5 Å². The standard InChI is InChI=1S/C28H24N2O5S2/c1-4-35-27(32)22-23(17-10-6-5-7-11-17)29-28-30(24(22)20-14-9-15-36-20)26(31)21(37-28)16-18-12-8-13-19(33-2)25(18)34-3/h5-16,24H,4H2,1-3H3/t24-/m1/s1. The first-order chi connectivity index (χ1) is 18.1. The molecule has 9 heteroatoms. The van der Waals surface area contributed by atoms with Crippen LogP contribution in [0.15, 0.2) is 81.4 Å². The predicted octanol–water partition coefficient (Wildman–Crippen LogP) is 4.01. The van der Waals surface area contributed by atoms with Gasteiger partial charge in [0, 0.05) is 16.0 Å². The molecule has 2 aromatic carbocycles. The highest BCUT2D eigenvalue weighted by atomic mass is 32.1. The molecule has 7 nitrogen and oxygen atoms in total. The second-order valence-electron chi connectivity index (χ2n) is 8.03. The third-order valence-electron chi connectivity index (χ3n) is 5.91. The van der Waals surface area contributed by atoms with Crippen LogP contribution in [0.1, 0.15) is 29.0 Å². The summed E-state index contributed by atoms with van der Waals surface area (Å²) in [7, 11) is 3.13. The Labute approximate surface area is 221 Å². The molecule has 37 heavy (non-hydrogen) atoms. The molecule has 0 saturated carbocycles. The van der Waals surface area contributed by atoms with E-state index in [0.29, 0.717) is 37.7 Å². The minimum atomic E-state index is -0.667. The van der Waals surface area contributed by atoms with E-state index in [1.165, 1.54) is 22.7 Å². The molecule has 0 amide bonds. The Morgan fingerprint density at radius 3 is 2.54 bits per heavy atom. The van der Waals surface area contributed by atoms with Crippen LogP contribution in [0, 0.1) is 0 Å². The average Bonchev–Trinajstić information content (AvgIpc) is 3.56. The zero-order chi connectivity index (χ0) is 25.9. The average molecular weight is 533 g/mol. The molecular weight excluding hydrogens is 508 g/mol. The molecule has 5 rings (SSSR count). The highest BCUT2D eigenvalue weighted by Crippen LogP contribution is 2.37. The van der Waals surface area contributed by atoms with Crippen molar-refractivity contribution < 1.29 is 19.0 Å². The maximum absolute atomic E-state index is 13.9. The Morgan fingerprint density at radius 2 is 1.86 bits per heavy atom. The van der Waals surface area contributed by atoms with Gasteiger partial charge in [0.25, 0.3) is 5.56 Å². The first kappa shape index (κ1) is 24.7. The molecule has 0 saturated heterocycles. The molecule has 4 aromatic rings. The number of carbonyl (C=O) groups excluding carboxylic acids is 1. The molecule has 1 aliphatic rings. The first-order valence-corrected chi connectivity index (χ1v) is 13.3. The Bertz CT molecular complexity index is 1650. The summed E-state index contributed by atoms with van der Waals surface area (Å²) in [6, 6.07) is 18.2. The van der Waals surface area contributed by atoms with Crippen molar-refractivity contribution in [2.75, 3.05) is 20.8 Å². The molecule has 0 unspecified atom stereocenters. The lowest BCUT2D eigenvalue weighted by Crippen LogP contribution is -2.39. The highest BCUT2D eigenvalue weighted by molar-refractivity contribution is 7.10. The normalized spacial score (nSPS) is 15.2. The van der Waals surface area contributed by atoms with E-state index < -0.39 is 12.0 Å². The van der Waals surface area contributed by atoms with Crippen LogP contribution < -0.4 is 24.4 Å². The van der Waals surface area contributed by atoms with Crippen molar-refractivity contribution in [1.29, 1.82) is 0 Å². The fraction of sp³-hybridized carbons (Fsp3) is 0.179. The van der Waals surface area contributed by atoms with Crippen molar-refractivity contribution in [2.24, 2.45) is 4.99 Å². The summed E-state index contributed by atoms with van der Waals surface area (Å²) in [6.07, 6.45) is 1.77. The van der Waals surface area contributed by atoms with Crippen molar-refractivity contribution >= 4 is 40.4 Å². The van der Waals surface area contributed by atoms with E-state index in [2.05, 4.69) is 0 Å².